The normalized spacial score (nSPS) is 13.1. The van der Waals surface area contributed by atoms with Crippen LogP contribution in [-0.4, -0.2) is 0 Å². The lowest BCUT2D eigenvalue weighted by Crippen LogP contribution is -2.18. The highest BCUT2D eigenvalue weighted by atomic mass is 15.2. The highest BCUT2D eigenvalue weighted by molar-refractivity contribution is 6.25. The molecule has 366 valence electrons. The van der Waals surface area contributed by atoms with Crippen LogP contribution in [0.3, 0.4) is 0 Å². The van der Waals surface area contributed by atoms with Gasteiger partial charge in [-0.3, -0.25) is 0 Å². The summed E-state index contributed by atoms with van der Waals surface area (Å²) in [6.07, 6.45) is 21.4. The Labute approximate surface area is 455 Å². The van der Waals surface area contributed by atoms with Crippen LogP contribution in [-0.2, 0) is 0 Å². The minimum atomic E-state index is 1.01. The molecule has 0 spiro atoms. The molecule has 2 aliphatic carbocycles. The van der Waals surface area contributed by atoms with Crippen molar-refractivity contribution < 1.29 is 0 Å². The Morgan fingerprint density at radius 1 is 0.397 bits per heavy atom. The van der Waals surface area contributed by atoms with Crippen molar-refractivity contribution >= 4 is 105 Å². The second-order valence-corrected chi connectivity index (χ2v) is 20.0. The van der Waals surface area contributed by atoms with Gasteiger partial charge in [0.05, 0.1) is 22.8 Å². The summed E-state index contributed by atoms with van der Waals surface area (Å²) in [5.74, 6) is 0. The lowest BCUT2D eigenvalue weighted by molar-refractivity contribution is 1.20. The fourth-order valence-electron chi connectivity index (χ4n) is 12.2. The van der Waals surface area contributed by atoms with Crippen LogP contribution in [0.1, 0.15) is 18.1 Å². The summed E-state index contributed by atoms with van der Waals surface area (Å²) in [7, 11) is 0. The maximum Gasteiger partial charge on any atom is 0.0612 e. The molecule has 12 aromatic carbocycles. The van der Waals surface area contributed by atoms with Crippen molar-refractivity contribution in [1.29, 1.82) is 0 Å². The van der Waals surface area contributed by atoms with Crippen molar-refractivity contribution in [2.75, 3.05) is 9.80 Å². The Morgan fingerprint density at radius 2 is 0.859 bits per heavy atom. The van der Waals surface area contributed by atoms with Crippen molar-refractivity contribution in [2.24, 2.45) is 0 Å². The molecule has 0 aromatic heterocycles. The molecule has 2 nitrogen and oxygen atoms in total. The third kappa shape index (κ3) is 7.82. The zero-order valence-corrected chi connectivity index (χ0v) is 43.2. The van der Waals surface area contributed by atoms with E-state index in [1.165, 1.54) is 48.8 Å². The highest BCUT2D eigenvalue weighted by Crippen LogP contribution is 2.51. The third-order valence-corrected chi connectivity index (χ3v) is 15.6. The van der Waals surface area contributed by atoms with E-state index in [4.69, 9.17) is 0 Å². The summed E-state index contributed by atoms with van der Waals surface area (Å²) >= 11 is 0. The Morgan fingerprint density at radius 3 is 1.45 bits per heavy atom. The smallest absolute Gasteiger partial charge is 0.0612 e. The molecule has 0 amide bonds. The molecule has 0 heterocycles. The van der Waals surface area contributed by atoms with Crippen LogP contribution < -0.4 is 9.80 Å². The molecule has 0 aliphatic heterocycles. The first-order chi connectivity index (χ1) is 38.6. The minimum Gasteiger partial charge on any atom is -0.309 e. The molecule has 0 saturated heterocycles. The van der Waals surface area contributed by atoms with E-state index in [0.29, 0.717) is 0 Å². The summed E-state index contributed by atoms with van der Waals surface area (Å²) < 4.78 is 0. The second-order valence-electron chi connectivity index (χ2n) is 20.0. The predicted molar refractivity (Wildman–Crippen MR) is 336 cm³/mol. The summed E-state index contributed by atoms with van der Waals surface area (Å²) in [4.78, 5) is 4.92. The molecule has 2 bridgehead atoms. The summed E-state index contributed by atoms with van der Waals surface area (Å²) in [6.45, 7) is 6.59. The number of fused-ring (bicyclic) bond motifs is 6. The van der Waals surface area contributed by atoms with E-state index in [1.54, 1.807) is 0 Å². The summed E-state index contributed by atoms with van der Waals surface area (Å²) in [5.41, 5.74) is 19.1. The zero-order valence-electron chi connectivity index (χ0n) is 43.2. The maximum atomic E-state index is 4.51. The van der Waals surface area contributed by atoms with Crippen LogP contribution in [0, 0.1) is 0 Å². The molecule has 2 aliphatic rings. The maximum absolute atomic E-state index is 4.51. The molecule has 0 saturated carbocycles. The quantitative estimate of drug-likeness (QED) is 0.0995. The van der Waals surface area contributed by atoms with Crippen LogP contribution in [0.25, 0.3) is 99.0 Å². The van der Waals surface area contributed by atoms with Gasteiger partial charge in [0.1, 0.15) is 0 Å². The number of anilines is 5. The van der Waals surface area contributed by atoms with Gasteiger partial charge in [-0.2, -0.15) is 0 Å². The molecular weight excluding hydrogens is 941 g/mol. The summed E-state index contributed by atoms with van der Waals surface area (Å²) in [6, 6.07) is 82.8. The van der Waals surface area contributed by atoms with E-state index in [1.807, 2.05) is 6.08 Å². The number of allylic oxidation sites excluding steroid dienone is 8. The second kappa shape index (κ2) is 19.5. The van der Waals surface area contributed by atoms with Gasteiger partial charge in [0, 0.05) is 38.7 Å². The molecule has 14 rings (SSSR count). The average Bonchev–Trinajstić information content (AvgIpc) is 4.01. The molecule has 0 atom stereocenters. The Bertz CT molecular complexity index is 4600. The SMILES string of the molecule is C=Cc1c(/C=C\C)cccc1-c1c2cc(N(C3=CC=CC4=C=C3C=CC=C4)c3cccc4ccccc34)ccc2c(-c2cccc3ccccc23)c2cc(N(c3cccc4ccccc34)c3cccc4ccccc34)ccc12. The van der Waals surface area contributed by atoms with Gasteiger partial charge in [0.25, 0.3) is 0 Å². The molecule has 0 unspecified atom stereocenters. The first-order valence-electron chi connectivity index (χ1n) is 26.8. The monoisotopic (exact) mass is 992 g/mol. The molecule has 2 heteroatoms. The van der Waals surface area contributed by atoms with Crippen molar-refractivity contribution in [3.8, 4) is 22.3 Å². The van der Waals surface area contributed by atoms with Gasteiger partial charge in [0.2, 0.25) is 0 Å². The van der Waals surface area contributed by atoms with Crippen molar-refractivity contribution in [3.63, 3.8) is 0 Å². The van der Waals surface area contributed by atoms with E-state index in [0.717, 1.165) is 94.5 Å². The minimum absolute atomic E-state index is 1.01. The van der Waals surface area contributed by atoms with E-state index in [9.17, 15) is 0 Å². The van der Waals surface area contributed by atoms with Crippen molar-refractivity contribution in [1.82, 2.24) is 0 Å². The van der Waals surface area contributed by atoms with Crippen LogP contribution in [0.4, 0.5) is 28.4 Å². The van der Waals surface area contributed by atoms with Crippen molar-refractivity contribution in [3.05, 3.63) is 313 Å². The van der Waals surface area contributed by atoms with Gasteiger partial charge in [-0.25, -0.2) is 0 Å². The van der Waals surface area contributed by atoms with E-state index in [2.05, 4.69) is 308 Å². The number of benzene rings is 12. The standard InChI is InChI=1S/C76H52N2/c1-3-21-52-29-16-38-65(60(52)4-2)75-67-47-45-59(78(73-42-19-32-55-26-9-13-36-63(55)73)74-43-20-33-56-27-10-14-37-64(56)74)50-70(67)76(66-39-17-30-53-24-7-11-34-61(53)66)68-46-44-58(49-69(68)75)77(72-41-18-31-54-25-8-12-35-62(54)72)71-40-15-23-51-22-5-6-28-57(71)48-51/h3-47,49-50H,2H2,1H3/b21-3-. The van der Waals surface area contributed by atoms with E-state index >= 15 is 0 Å². The topological polar surface area (TPSA) is 6.48 Å². The van der Waals surface area contributed by atoms with Gasteiger partial charge in [-0.1, -0.05) is 225 Å². The van der Waals surface area contributed by atoms with Gasteiger partial charge >= 0.3 is 0 Å². The van der Waals surface area contributed by atoms with E-state index in [-0.39, 0.29) is 0 Å². The third-order valence-electron chi connectivity index (χ3n) is 15.6. The lowest BCUT2D eigenvalue weighted by atomic mass is 9.82. The molecule has 0 N–H and O–H groups in total. The molecular formula is C76H52N2. The number of hydrogen-bond donors (Lipinski definition) is 0. The van der Waals surface area contributed by atoms with Crippen LogP contribution in [0.2, 0.25) is 0 Å². The first kappa shape index (κ1) is 46.3. The molecule has 0 radical (unpaired) electrons. The fraction of sp³-hybridized carbons (Fsp3) is 0.0132. The zero-order chi connectivity index (χ0) is 52.1. The van der Waals surface area contributed by atoms with Gasteiger partial charge in [0.15, 0.2) is 0 Å². The Hall–Kier alpha value is -10.2. The fourth-order valence-corrected chi connectivity index (χ4v) is 12.2. The Kier molecular flexibility index (Phi) is 11.6. The highest BCUT2D eigenvalue weighted by Gasteiger charge is 2.27. The molecule has 78 heavy (non-hydrogen) atoms. The molecule has 0 fully saturated rings. The Balaban J connectivity index is 1.14. The first-order valence-corrected chi connectivity index (χ1v) is 26.8. The molecule has 12 aromatic rings. The largest absolute Gasteiger partial charge is 0.309 e. The predicted octanol–water partition coefficient (Wildman–Crippen LogP) is 21.3. The van der Waals surface area contributed by atoms with Crippen molar-refractivity contribution in [2.45, 2.75) is 6.92 Å². The number of rotatable bonds is 10. The average molecular weight is 993 g/mol. The van der Waals surface area contributed by atoms with Crippen LogP contribution >= 0.6 is 0 Å². The van der Waals surface area contributed by atoms with Crippen LogP contribution in [0.5, 0.6) is 0 Å². The number of nitrogens with zero attached hydrogens (tertiary/aromatic N) is 2. The van der Waals surface area contributed by atoms with Gasteiger partial charge in [-0.05, 0) is 156 Å². The number of hydrogen-bond acceptors (Lipinski definition) is 2. The van der Waals surface area contributed by atoms with E-state index < -0.39 is 0 Å². The van der Waals surface area contributed by atoms with Gasteiger partial charge < -0.3 is 9.80 Å². The van der Waals surface area contributed by atoms with Gasteiger partial charge in [-0.15, -0.1) is 5.73 Å². The summed E-state index contributed by atoms with van der Waals surface area (Å²) in [5, 5.41) is 14.0. The van der Waals surface area contributed by atoms with Crippen LogP contribution in [0.15, 0.2) is 302 Å². The lowest BCUT2D eigenvalue weighted by Gasteiger charge is -2.31.